The van der Waals surface area contributed by atoms with Gasteiger partial charge in [0.15, 0.2) is 5.78 Å². The van der Waals surface area contributed by atoms with Gasteiger partial charge in [-0.1, -0.05) is 38.1 Å². The zero-order valence-electron chi connectivity index (χ0n) is 22.0. The predicted molar refractivity (Wildman–Crippen MR) is 148 cm³/mol. The number of amides is 1. The molecule has 38 heavy (non-hydrogen) atoms. The van der Waals surface area contributed by atoms with Gasteiger partial charge < -0.3 is 15.5 Å². The van der Waals surface area contributed by atoms with Crippen LogP contribution in [0.4, 0.5) is 11.4 Å². The first-order chi connectivity index (χ1) is 18.0. The van der Waals surface area contributed by atoms with Gasteiger partial charge in [0.25, 0.3) is 5.69 Å². The summed E-state index contributed by atoms with van der Waals surface area (Å²) in [6.45, 7) is 4.21. The van der Waals surface area contributed by atoms with E-state index in [-0.39, 0.29) is 40.4 Å². The van der Waals surface area contributed by atoms with Crippen molar-refractivity contribution in [2.45, 2.75) is 50.0 Å². The molecule has 5 rings (SSSR count). The van der Waals surface area contributed by atoms with Crippen LogP contribution in [-0.4, -0.2) is 42.4 Å². The van der Waals surface area contributed by atoms with Crippen LogP contribution in [0.2, 0.25) is 0 Å². The highest BCUT2D eigenvalue weighted by molar-refractivity contribution is 7.99. The van der Waals surface area contributed by atoms with Crippen LogP contribution in [0.3, 0.4) is 0 Å². The van der Waals surface area contributed by atoms with Gasteiger partial charge in [-0.2, -0.15) is 0 Å². The Hall–Kier alpha value is -3.37. The van der Waals surface area contributed by atoms with Crippen molar-refractivity contribution in [3.63, 3.8) is 0 Å². The Labute approximate surface area is 226 Å². The molecule has 4 unspecified atom stereocenters. The van der Waals surface area contributed by atoms with E-state index in [0.29, 0.717) is 12.2 Å². The largest absolute Gasteiger partial charge is 0.378 e. The van der Waals surface area contributed by atoms with Gasteiger partial charge in [0, 0.05) is 61.3 Å². The number of nitro benzene ring substituents is 1. The SMILES string of the molecule is CN(C)c1ccc(C2C3=C(CC(C)(C)CC3=O)NC3NC(SCc4ccc([N+](=O)[O-])cc4)NC(=O)C32)cc1. The molecule has 1 amide bonds. The van der Waals surface area contributed by atoms with Crippen molar-refractivity contribution >= 4 is 34.8 Å². The van der Waals surface area contributed by atoms with E-state index in [9.17, 15) is 19.7 Å². The molecule has 0 radical (unpaired) electrons. The summed E-state index contributed by atoms with van der Waals surface area (Å²) in [5.41, 5.74) is 4.15. The van der Waals surface area contributed by atoms with Gasteiger partial charge in [-0.3, -0.25) is 25.0 Å². The monoisotopic (exact) mass is 535 g/mol. The fraction of sp³-hybridized carbons (Fsp3) is 0.429. The van der Waals surface area contributed by atoms with Crippen LogP contribution in [0, 0.1) is 21.4 Å². The molecule has 2 heterocycles. The number of hydrogen-bond acceptors (Lipinski definition) is 8. The minimum absolute atomic E-state index is 0.0516. The molecule has 0 spiro atoms. The van der Waals surface area contributed by atoms with Gasteiger partial charge in [-0.15, -0.1) is 11.8 Å². The molecule has 3 aliphatic rings. The molecule has 2 aromatic carbocycles. The number of nitrogens with one attached hydrogen (secondary N) is 3. The predicted octanol–water partition coefficient (Wildman–Crippen LogP) is 3.87. The highest BCUT2D eigenvalue weighted by Gasteiger charge is 2.50. The maximum atomic E-state index is 13.6. The number of thioether (sulfide) groups is 1. The third-order valence-electron chi connectivity index (χ3n) is 7.52. The smallest absolute Gasteiger partial charge is 0.269 e. The standard InChI is InChI=1S/C28H33N5O4S/c1-28(2)13-20-23(21(34)14-28)22(17-7-11-18(12-8-17)32(3)4)24-25(29-20)30-27(31-26(24)35)38-15-16-5-9-19(10-6-16)33(36)37/h5-12,22,24-25,27,29-30H,13-15H2,1-4H3,(H,31,35). The summed E-state index contributed by atoms with van der Waals surface area (Å²) in [6.07, 6.45) is 0.866. The summed E-state index contributed by atoms with van der Waals surface area (Å²) in [7, 11) is 3.96. The van der Waals surface area contributed by atoms with Gasteiger partial charge in [0.2, 0.25) is 5.91 Å². The van der Waals surface area contributed by atoms with Crippen LogP contribution in [0.25, 0.3) is 0 Å². The number of nitrogens with zero attached hydrogens (tertiary/aromatic N) is 2. The molecule has 200 valence electrons. The number of nitro groups is 1. The number of fused-ring (bicyclic) bond motifs is 1. The molecule has 0 bridgehead atoms. The van der Waals surface area contributed by atoms with Crippen LogP contribution in [0.15, 0.2) is 59.8 Å². The first-order valence-electron chi connectivity index (χ1n) is 12.7. The molecule has 1 saturated heterocycles. The van der Waals surface area contributed by atoms with Crippen molar-refractivity contribution in [3.8, 4) is 0 Å². The molecule has 9 nitrogen and oxygen atoms in total. The van der Waals surface area contributed by atoms with Gasteiger partial charge in [0.05, 0.1) is 17.0 Å². The summed E-state index contributed by atoms with van der Waals surface area (Å²) in [4.78, 5) is 39.6. The molecule has 1 aliphatic carbocycles. The number of anilines is 1. The lowest BCUT2D eigenvalue weighted by molar-refractivity contribution is -0.384. The fourth-order valence-corrected chi connectivity index (χ4v) is 6.68. The Morgan fingerprint density at radius 1 is 1.03 bits per heavy atom. The normalized spacial score (nSPS) is 26.1. The molecule has 0 saturated carbocycles. The molecule has 2 aromatic rings. The molecule has 2 aliphatic heterocycles. The van der Waals surface area contributed by atoms with E-state index in [4.69, 9.17) is 0 Å². The fourth-order valence-electron chi connectivity index (χ4n) is 5.69. The molecule has 3 N–H and O–H groups in total. The number of allylic oxidation sites excluding steroid dienone is 2. The third kappa shape index (κ3) is 5.15. The van der Waals surface area contributed by atoms with E-state index in [1.54, 1.807) is 12.1 Å². The number of carbonyl (C=O) groups excluding carboxylic acids is 2. The Morgan fingerprint density at radius 3 is 2.34 bits per heavy atom. The average Bonchev–Trinajstić information content (AvgIpc) is 2.85. The van der Waals surface area contributed by atoms with E-state index < -0.39 is 10.8 Å². The summed E-state index contributed by atoms with van der Waals surface area (Å²) >= 11 is 1.51. The summed E-state index contributed by atoms with van der Waals surface area (Å²) in [5.74, 6) is -0.258. The molecule has 1 fully saturated rings. The minimum atomic E-state index is -0.486. The van der Waals surface area contributed by atoms with Crippen molar-refractivity contribution in [1.29, 1.82) is 0 Å². The number of non-ortho nitro benzene ring substituents is 1. The molecule has 4 atom stereocenters. The Kier molecular flexibility index (Phi) is 6.96. The summed E-state index contributed by atoms with van der Waals surface area (Å²) in [6, 6.07) is 14.6. The van der Waals surface area contributed by atoms with Gasteiger partial charge in [-0.05, 0) is 35.1 Å². The second-order valence-electron chi connectivity index (χ2n) is 11.2. The Morgan fingerprint density at radius 2 is 1.71 bits per heavy atom. The van der Waals surface area contributed by atoms with E-state index in [1.807, 2.05) is 43.3 Å². The van der Waals surface area contributed by atoms with Crippen molar-refractivity contribution in [3.05, 3.63) is 81.0 Å². The quantitative estimate of drug-likeness (QED) is 0.377. The Balaban J connectivity index is 1.41. The van der Waals surface area contributed by atoms with Gasteiger partial charge >= 0.3 is 0 Å². The van der Waals surface area contributed by atoms with Crippen molar-refractivity contribution in [2.75, 3.05) is 19.0 Å². The maximum Gasteiger partial charge on any atom is 0.269 e. The Bertz CT molecular complexity index is 1290. The van der Waals surface area contributed by atoms with Crippen LogP contribution in [0.5, 0.6) is 0 Å². The number of ketones is 1. The number of rotatable bonds is 6. The van der Waals surface area contributed by atoms with Crippen molar-refractivity contribution < 1.29 is 14.5 Å². The van der Waals surface area contributed by atoms with Crippen LogP contribution in [-0.2, 0) is 15.3 Å². The third-order valence-corrected chi connectivity index (χ3v) is 8.61. The van der Waals surface area contributed by atoms with Crippen molar-refractivity contribution in [1.82, 2.24) is 16.0 Å². The van der Waals surface area contributed by atoms with E-state index in [2.05, 4.69) is 29.8 Å². The maximum absolute atomic E-state index is 13.6. The highest BCUT2D eigenvalue weighted by Crippen LogP contribution is 2.47. The molecular weight excluding hydrogens is 502 g/mol. The number of Topliss-reactive ketones (excluding diaryl/α,β-unsaturated/α-hetero) is 1. The lowest BCUT2D eigenvalue weighted by atomic mass is 9.66. The summed E-state index contributed by atoms with van der Waals surface area (Å²) < 4.78 is 0. The second-order valence-corrected chi connectivity index (χ2v) is 12.3. The first-order valence-corrected chi connectivity index (χ1v) is 13.8. The van der Waals surface area contributed by atoms with Crippen molar-refractivity contribution in [2.24, 2.45) is 11.3 Å². The van der Waals surface area contributed by atoms with Crippen LogP contribution < -0.4 is 20.9 Å². The zero-order chi connectivity index (χ0) is 27.2. The average molecular weight is 536 g/mol. The molecule has 10 heteroatoms. The van der Waals surface area contributed by atoms with E-state index >= 15 is 0 Å². The van der Waals surface area contributed by atoms with E-state index in [1.165, 1.54) is 23.9 Å². The lowest BCUT2D eigenvalue weighted by Gasteiger charge is -2.48. The second kappa shape index (κ2) is 10.1. The lowest BCUT2D eigenvalue weighted by Crippen LogP contribution is -2.68. The topological polar surface area (TPSA) is 117 Å². The van der Waals surface area contributed by atoms with Crippen LogP contribution in [0.1, 0.15) is 43.7 Å². The first kappa shape index (κ1) is 26.2. The van der Waals surface area contributed by atoms with Gasteiger partial charge in [0.1, 0.15) is 5.50 Å². The molecular formula is C28H33N5O4S. The number of benzene rings is 2. The number of hydrogen-bond donors (Lipinski definition) is 3. The summed E-state index contributed by atoms with van der Waals surface area (Å²) in [5, 5.41) is 21.1. The van der Waals surface area contributed by atoms with E-state index in [0.717, 1.165) is 34.5 Å². The number of carbonyl (C=O) groups is 2. The highest BCUT2D eigenvalue weighted by atomic mass is 32.2. The van der Waals surface area contributed by atoms with Crippen LogP contribution >= 0.6 is 11.8 Å². The minimum Gasteiger partial charge on any atom is -0.378 e. The molecule has 0 aromatic heterocycles. The van der Waals surface area contributed by atoms with Gasteiger partial charge in [-0.25, -0.2) is 0 Å². The zero-order valence-corrected chi connectivity index (χ0v) is 22.8.